The van der Waals surface area contributed by atoms with Crippen molar-refractivity contribution >= 4 is 45.1 Å². The highest BCUT2D eigenvalue weighted by molar-refractivity contribution is 6.74. The van der Waals surface area contributed by atoms with Crippen molar-refractivity contribution in [1.82, 2.24) is 19.9 Å². The number of hydrogen-bond acceptors (Lipinski definition) is 9. The number of carbonyl (C=O) groups excluding carboxylic acids is 1. The zero-order valence-corrected chi connectivity index (χ0v) is 33.4. The van der Waals surface area contributed by atoms with Crippen LogP contribution in [0, 0.1) is 22.0 Å². The van der Waals surface area contributed by atoms with Crippen LogP contribution in [0.15, 0.2) is 36.8 Å². The summed E-state index contributed by atoms with van der Waals surface area (Å²) in [4.78, 5) is 31.6. The van der Waals surface area contributed by atoms with Crippen molar-refractivity contribution in [3.63, 3.8) is 0 Å². The number of aromatic nitrogens is 3. The highest BCUT2D eigenvalue weighted by Crippen LogP contribution is 2.43. The molecule has 3 atom stereocenters. The van der Waals surface area contributed by atoms with Crippen LogP contribution in [-0.2, 0) is 24.9 Å². The molecule has 1 fully saturated rings. The largest absolute Gasteiger partial charge is 0.471 e. The van der Waals surface area contributed by atoms with Gasteiger partial charge in [0.1, 0.15) is 17.8 Å². The van der Waals surface area contributed by atoms with E-state index in [1.54, 1.807) is 23.9 Å². The SMILES string of the molecule is CC(C)(C)[Si](C)(C)OC[C@H]1O[C@@H](n2cnc3c(NCc4ccc(C#CCNC(=O)C(F)(F)F)cc4[N+](=O)[O-])ccnc32)C[C@H]1O[Si](C)(C)C(C)(C)C. The zero-order valence-electron chi connectivity index (χ0n) is 31.4. The second kappa shape index (κ2) is 15.3. The fraction of sp³-hybridized carbons (Fsp3) is 0.571. The van der Waals surface area contributed by atoms with Gasteiger partial charge >= 0.3 is 12.1 Å². The average molecular weight is 763 g/mol. The molecule has 0 aliphatic carbocycles. The minimum atomic E-state index is -5.02. The normalized spacial score (nSPS) is 18.6. The number of benzene rings is 1. The molecule has 2 aromatic heterocycles. The highest BCUT2D eigenvalue weighted by Gasteiger charge is 2.47. The summed E-state index contributed by atoms with van der Waals surface area (Å²) in [7, 11) is -4.23. The first kappa shape index (κ1) is 40.9. The van der Waals surface area contributed by atoms with Gasteiger partial charge in [0, 0.05) is 36.4 Å². The Balaban J connectivity index is 1.53. The second-order valence-corrected chi connectivity index (χ2v) is 25.5. The lowest BCUT2D eigenvalue weighted by Gasteiger charge is -2.40. The molecule has 1 saturated heterocycles. The van der Waals surface area contributed by atoms with Crippen LogP contribution < -0.4 is 10.6 Å². The Hall–Kier alpha value is -3.83. The van der Waals surface area contributed by atoms with Gasteiger partial charge in [0.2, 0.25) is 0 Å². The Morgan fingerprint density at radius 3 is 2.37 bits per heavy atom. The molecule has 0 spiro atoms. The van der Waals surface area contributed by atoms with E-state index in [4.69, 9.17) is 13.6 Å². The molecule has 0 radical (unpaired) electrons. The van der Waals surface area contributed by atoms with Gasteiger partial charge < -0.3 is 24.2 Å². The number of anilines is 1. The lowest BCUT2D eigenvalue weighted by atomic mass is 10.1. The van der Waals surface area contributed by atoms with Crippen LogP contribution in [0.25, 0.3) is 11.2 Å². The van der Waals surface area contributed by atoms with Crippen molar-refractivity contribution < 1.29 is 36.5 Å². The molecule has 52 heavy (non-hydrogen) atoms. The minimum absolute atomic E-state index is 0.00127. The molecule has 1 aliphatic heterocycles. The number of alkyl halides is 3. The average Bonchev–Trinajstić information content (AvgIpc) is 3.63. The maximum atomic E-state index is 12.4. The number of amides is 1. The van der Waals surface area contributed by atoms with E-state index in [0.29, 0.717) is 35.4 Å². The summed E-state index contributed by atoms with van der Waals surface area (Å²) in [6, 6.07) is 6.00. The predicted octanol–water partition coefficient (Wildman–Crippen LogP) is 7.68. The number of rotatable bonds is 11. The lowest BCUT2D eigenvalue weighted by Crippen LogP contribution is -2.48. The summed E-state index contributed by atoms with van der Waals surface area (Å²) in [5.41, 5.74) is 2.06. The first-order valence-corrected chi connectivity index (χ1v) is 22.9. The third-order valence-corrected chi connectivity index (χ3v) is 19.2. The Kier molecular flexibility index (Phi) is 12.0. The molecule has 1 amide bonds. The Morgan fingerprint density at radius 2 is 1.75 bits per heavy atom. The standard InChI is InChI=1S/C35H49F3N6O6Si2/c1-33(2,3)51(7,8)48-21-28-27(50-52(9,10)34(4,5)6)19-29(49-28)43-22-42-30-25(15-17-39-31(30)43)41-20-24-14-13-23(18-26(24)44(46)47)12-11-16-40-32(45)35(36,37)38/h13-15,17-18,22,27-29H,16,19-21H2,1-10H3,(H,39,41)(H,40,45)/t27-,28-,29-/m1/s1. The summed E-state index contributed by atoms with van der Waals surface area (Å²) >= 11 is 0. The molecule has 3 heterocycles. The van der Waals surface area contributed by atoms with E-state index in [9.17, 15) is 28.1 Å². The van der Waals surface area contributed by atoms with E-state index in [2.05, 4.69) is 94.9 Å². The van der Waals surface area contributed by atoms with E-state index in [-0.39, 0.29) is 40.1 Å². The van der Waals surface area contributed by atoms with Gasteiger partial charge in [-0.25, -0.2) is 9.97 Å². The topological polar surface area (TPSA) is 143 Å². The highest BCUT2D eigenvalue weighted by atomic mass is 28.4. The van der Waals surface area contributed by atoms with Crippen LogP contribution in [0.5, 0.6) is 0 Å². The van der Waals surface area contributed by atoms with Gasteiger partial charge in [0.05, 0.1) is 36.2 Å². The Morgan fingerprint density at radius 1 is 1.08 bits per heavy atom. The monoisotopic (exact) mass is 762 g/mol. The molecular formula is C35H49F3N6O6Si2. The van der Waals surface area contributed by atoms with Crippen LogP contribution in [-0.4, -0.2) is 73.5 Å². The van der Waals surface area contributed by atoms with Crippen molar-refractivity contribution in [3.8, 4) is 11.8 Å². The quantitative estimate of drug-likeness (QED) is 0.0871. The van der Waals surface area contributed by atoms with E-state index in [0.717, 1.165) is 0 Å². The summed E-state index contributed by atoms with van der Waals surface area (Å²) in [6.45, 7) is 22.0. The van der Waals surface area contributed by atoms with Crippen molar-refractivity contribution in [2.75, 3.05) is 18.5 Å². The predicted molar refractivity (Wildman–Crippen MR) is 198 cm³/mol. The van der Waals surface area contributed by atoms with Gasteiger partial charge in [-0.15, -0.1) is 0 Å². The van der Waals surface area contributed by atoms with Gasteiger partial charge in [-0.2, -0.15) is 13.2 Å². The molecule has 1 aliphatic rings. The molecular weight excluding hydrogens is 714 g/mol. The zero-order chi connectivity index (χ0) is 38.9. The molecule has 1 aromatic carbocycles. The van der Waals surface area contributed by atoms with Crippen LogP contribution >= 0.6 is 0 Å². The third kappa shape index (κ3) is 9.58. The summed E-state index contributed by atoms with van der Waals surface area (Å²) in [6.07, 6.45) is -2.03. The van der Waals surface area contributed by atoms with Crippen molar-refractivity contribution in [2.45, 2.75) is 115 Å². The number of carbonyl (C=O) groups is 1. The van der Waals surface area contributed by atoms with Gasteiger partial charge in [0.15, 0.2) is 22.3 Å². The number of nitrogens with one attached hydrogen (secondary N) is 2. The molecule has 0 unspecified atom stereocenters. The van der Waals surface area contributed by atoms with Gasteiger partial charge in [-0.05, 0) is 54.5 Å². The minimum Gasteiger partial charge on any atom is -0.414 e. The third-order valence-electron chi connectivity index (χ3n) is 10.2. The first-order valence-electron chi connectivity index (χ1n) is 17.0. The molecule has 17 heteroatoms. The fourth-order valence-electron chi connectivity index (χ4n) is 5.02. The van der Waals surface area contributed by atoms with E-state index < -0.39 is 46.4 Å². The maximum absolute atomic E-state index is 12.4. The van der Waals surface area contributed by atoms with E-state index in [1.807, 2.05) is 4.57 Å². The first-order chi connectivity index (χ1) is 23.9. The number of fused-ring (bicyclic) bond motifs is 1. The number of ether oxygens (including phenoxy) is 1. The van der Waals surface area contributed by atoms with E-state index in [1.165, 1.54) is 18.2 Å². The Labute approximate surface area is 304 Å². The number of nitro benzene ring substituents is 1. The van der Waals surface area contributed by atoms with Crippen LogP contribution in [0.4, 0.5) is 24.5 Å². The Bertz CT molecular complexity index is 1840. The van der Waals surface area contributed by atoms with Gasteiger partial charge in [0.25, 0.3) is 5.69 Å². The fourth-order valence-corrected chi connectivity index (χ4v) is 7.39. The summed E-state index contributed by atoms with van der Waals surface area (Å²) in [5, 5.41) is 16.8. The van der Waals surface area contributed by atoms with Crippen LogP contribution in [0.1, 0.15) is 65.3 Å². The number of nitro groups is 1. The molecule has 2 N–H and O–H groups in total. The number of hydrogen-bond donors (Lipinski definition) is 2. The molecule has 4 rings (SSSR count). The lowest BCUT2D eigenvalue weighted by molar-refractivity contribution is -0.385. The number of halogens is 3. The van der Waals surface area contributed by atoms with Crippen LogP contribution in [0.2, 0.25) is 36.3 Å². The summed E-state index contributed by atoms with van der Waals surface area (Å²) in [5.74, 6) is 2.81. The summed E-state index contributed by atoms with van der Waals surface area (Å²) < 4.78 is 59.2. The molecule has 0 saturated carbocycles. The molecule has 0 bridgehead atoms. The molecule has 284 valence electrons. The molecule has 3 aromatic rings. The van der Waals surface area contributed by atoms with Crippen molar-refractivity contribution in [2.24, 2.45) is 0 Å². The van der Waals surface area contributed by atoms with Crippen LogP contribution in [0.3, 0.4) is 0 Å². The van der Waals surface area contributed by atoms with Crippen molar-refractivity contribution in [1.29, 1.82) is 0 Å². The number of pyridine rings is 1. The van der Waals surface area contributed by atoms with Crippen molar-refractivity contribution in [3.05, 3.63) is 58.0 Å². The van der Waals surface area contributed by atoms with Gasteiger partial charge in [-0.1, -0.05) is 53.4 Å². The smallest absolute Gasteiger partial charge is 0.414 e. The second-order valence-electron chi connectivity index (χ2n) is 16.0. The maximum Gasteiger partial charge on any atom is 0.471 e. The number of imidazole rings is 1. The molecule has 12 nitrogen and oxygen atoms in total. The van der Waals surface area contributed by atoms with E-state index >= 15 is 0 Å². The van der Waals surface area contributed by atoms with Gasteiger partial charge in [-0.3, -0.25) is 19.5 Å². The number of nitrogens with zero attached hydrogens (tertiary/aromatic N) is 4.